The van der Waals surface area contributed by atoms with E-state index in [9.17, 15) is 4.79 Å². The zero-order chi connectivity index (χ0) is 7.68. The molecule has 1 atom stereocenters. The zero-order valence-electron chi connectivity index (χ0n) is 5.99. The largest absolute Gasteiger partial charge is 0.364 e. The number of Topliss-reactive ketones (excluding diaryl/α,β-unsaturated/α-hetero) is 1. The van der Waals surface area contributed by atoms with Crippen LogP contribution in [0.4, 0.5) is 0 Å². The average Bonchev–Trinajstić information content (AvgIpc) is 2.87. The van der Waals surface area contributed by atoms with Gasteiger partial charge in [0.1, 0.15) is 6.10 Å². The van der Waals surface area contributed by atoms with Gasteiger partial charge in [-0.3, -0.25) is 4.79 Å². The van der Waals surface area contributed by atoms with Crippen molar-refractivity contribution in [3.05, 3.63) is 35.9 Å². The quantitative estimate of drug-likeness (QED) is 0.467. The second-order valence-corrected chi connectivity index (χ2v) is 2.55. The molecule has 0 N–H and O–H groups in total. The predicted molar refractivity (Wildman–Crippen MR) is 40.5 cm³/mol. The van der Waals surface area contributed by atoms with Crippen LogP contribution in [0.15, 0.2) is 30.3 Å². The van der Waals surface area contributed by atoms with Crippen LogP contribution in [0.2, 0.25) is 0 Å². The van der Waals surface area contributed by atoms with E-state index in [1.54, 1.807) is 0 Å². The Morgan fingerprint density at radius 1 is 1.36 bits per heavy atom. The van der Waals surface area contributed by atoms with Gasteiger partial charge >= 0.3 is 0 Å². The highest BCUT2D eigenvalue weighted by Crippen LogP contribution is 2.15. The fraction of sp³-hybridized carbons (Fsp3) is 0.222. The van der Waals surface area contributed by atoms with Gasteiger partial charge in [-0.25, -0.2) is 0 Å². The van der Waals surface area contributed by atoms with Crippen LogP contribution in [0.5, 0.6) is 0 Å². The molecule has 1 aromatic rings. The van der Waals surface area contributed by atoms with Crippen molar-refractivity contribution < 1.29 is 9.53 Å². The predicted octanol–water partition coefficient (Wildman–Crippen LogP) is 1.27. The minimum Gasteiger partial charge on any atom is -0.364 e. The molecule has 1 fully saturated rings. The number of ketones is 1. The van der Waals surface area contributed by atoms with E-state index in [-0.39, 0.29) is 11.9 Å². The van der Waals surface area contributed by atoms with E-state index in [1.165, 1.54) is 0 Å². The molecule has 1 aromatic carbocycles. The first kappa shape index (κ1) is 6.55. The van der Waals surface area contributed by atoms with E-state index < -0.39 is 0 Å². The highest BCUT2D eigenvalue weighted by molar-refractivity contribution is 6.00. The minimum atomic E-state index is -0.155. The van der Waals surface area contributed by atoms with Crippen LogP contribution in [0.3, 0.4) is 0 Å². The molecule has 2 heteroatoms. The molecule has 0 radical (unpaired) electrons. The van der Waals surface area contributed by atoms with Crippen LogP contribution in [0, 0.1) is 0 Å². The summed E-state index contributed by atoms with van der Waals surface area (Å²) in [6.45, 7) is 0.591. The van der Waals surface area contributed by atoms with Gasteiger partial charge in [0.15, 0.2) is 5.78 Å². The van der Waals surface area contributed by atoms with Gasteiger partial charge in [0, 0.05) is 5.56 Å². The van der Waals surface area contributed by atoms with E-state index in [0.29, 0.717) is 6.61 Å². The summed E-state index contributed by atoms with van der Waals surface area (Å²) in [6, 6.07) is 9.23. The fourth-order valence-electron chi connectivity index (χ4n) is 0.988. The maximum atomic E-state index is 11.3. The lowest BCUT2D eigenvalue weighted by Crippen LogP contribution is -2.06. The summed E-state index contributed by atoms with van der Waals surface area (Å²) in [5.74, 6) is 0.102. The normalized spacial score (nSPS) is 21.3. The second-order valence-electron chi connectivity index (χ2n) is 2.55. The zero-order valence-corrected chi connectivity index (χ0v) is 5.99. The monoisotopic (exact) mass is 148 g/mol. The maximum Gasteiger partial charge on any atom is 0.193 e. The lowest BCUT2D eigenvalue weighted by molar-refractivity contribution is 0.0953. The van der Waals surface area contributed by atoms with Gasteiger partial charge in [-0.05, 0) is 0 Å². The van der Waals surface area contributed by atoms with Crippen molar-refractivity contribution in [2.45, 2.75) is 6.10 Å². The van der Waals surface area contributed by atoms with Gasteiger partial charge in [-0.1, -0.05) is 30.3 Å². The summed E-state index contributed by atoms with van der Waals surface area (Å²) in [5.41, 5.74) is 0.745. The van der Waals surface area contributed by atoms with Gasteiger partial charge < -0.3 is 4.74 Å². The van der Waals surface area contributed by atoms with Crippen LogP contribution >= 0.6 is 0 Å². The van der Waals surface area contributed by atoms with Crippen molar-refractivity contribution >= 4 is 5.78 Å². The molecule has 0 unspecified atom stereocenters. The fourth-order valence-corrected chi connectivity index (χ4v) is 0.988. The second kappa shape index (κ2) is 2.47. The SMILES string of the molecule is O=C(c1ccccc1)[C@@H]1CO1. The number of epoxide rings is 1. The molecule has 2 nitrogen and oxygen atoms in total. The van der Waals surface area contributed by atoms with Crippen LogP contribution in [-0.4, -0.2) is 18.5 Å². The topological polar surface area (TPSA) is 29.6 Å². The van der Waals surface area contributed by atoms with E-state index >= 15 is 0 Å². The molecule has 0 saturated carbocycles. The molecule has 2 rings (SSSR count). The molecule has 0 bridgehead atoms. The number of ether oxygens (including phenoxy) is 1. The number of hydrogen-bond donors (Lipinski definition) is 0. The van der Waals surface area contributed by atoms with Crippen molar-refractivity contribution in [3.63, 3.8) is 0 Å². The summed E-state index contributed by atoms with van der Waals surface area (Å²) in [4.78, 5) is 11.3. The van der Waals surface area contributed by atoms with E-state index in [2.05, 4.69) is 0 Å². The minimum absolute atomic E-state index is 0.102. The third kappa shape index (κ3) is 1.30. The first-order chi connectivity index (χ1) is 5.38. The number of carbonyl (C=O) groups excluding carboxylic acids is 1. The Labute approximate surface area is 64.8 Å². The highest BCUT2D eigenvalue weighted by Gasteiger charge is 2.31. The Balaban J connectivity index is 2.22. The molecule has 1 aliphatic rings. The third-order valence-electron chi connectivity index (χ3n) is 1.68. The number of hydrogen-bond acceptors (Lipinski definition) is 2. The molecular weight excluding hydrogens is 140 g/mol. The smallest absolute Gasteiger partial charge is 0.193 e. The summed E-state index contributed by atoms with van der Waals surface area (Å²) >= 11 is 0. The Morgan fingerprint density at radius 3 is 2.55 bits per heavy atom. The Morgan fingerprint density at radius 2 is 2.00 bits per heavy atom. The molecule has 11 heavy (non-hydrogen) atoms. The summed E-state index contributed by atoms with van der Waals surface area (Å²) in [6.07, 6.45) is -0.155. The highest BCUT2D eigenvalue weighted by atomic mass is 16.6. The van der Waals surface area contributed by atoms with Crippen molar-refractivity contribution in [2.75, 3.05) is 6.61 Å². The number of benzene rings is 1. The molecule has 0 aliphatic carbocycles. The average molecular weight is 148 g/mol. The van der Waals surface area contributed by atoms with Crippen LogP contribution < -0.4 is 0 Å². The van der Waals surface area contributed by atoms with Crippen LogP contribution in [0.25, 0.3) is 0 Å². The lowest BCUT2D eigenvalue weighted by atomic mass is 10.1. The van der Waals surface area contributed by atoms with E-state index in [1.807, 2.05) is 30.3 Å². The molecular formula is C9H8O2. The maximum absolute atomic E-state index is 11.3. The molecule has 56 valence electrons. The van der Waals surface area contributed by atoms with Crippen LogP contribution in [0.1, 0.15) is 10.4 Å². The van der Waals surface area contributed by atoms with Crippen molar-refractivity contribution in [1.29, 1.82) is 0 Å². The van der Waals surface area contributed by atoms with Crippen molar-refractivity contribution in [1.82, 2.24) is 0 Å². The molecule has 0 spiro atoms. The van der Waals surface area contributed by atoms with Gasteiger partial charge in [-0.15, -0.1) is 0 Å². The first-order valence-corrected chi connectivity index (χ1v) is 3.59. The molecule has 1 aliphatic heterocycles. The van der Waals surface area contributed by atoms with Gasteiger partial charge in [0.05, 0.1) is 6.61 Å². The van der Waals surface area contributed by atoms with E-state index in [4.69, 9.17) is 4.74 Å². The van der Waals surface area contributed by atoms with Gasteiger partial charge in [-0.2, -0.15) is 0 Å². The summed E-state index contributed by atoms with van der Waals surface area (Å²) < 4.78 is 4.88. The summed E-state index contributed by atoms with van der Waals surface area (Å²) in [7, 11) is 0. The molecule has 1 heterocycles. The van der Waals surface area contributed by atoms with Gasteiger partial charge in [0.2, 0.25) is 0 Å². The van der Waals surface area contributed by atoms with Crippen molar-refractivity contribution in [2.24, 2.45) is 0 Å². The third-order valence-corrected chi connectivity index (χ3v) is 1.68. The van der Waals surface area contributed by atoms with Crippen LogP contribution in [-0.2, 0) is 4.74 Å². The number of carbonyl (C=O) groups is 1. The van der Waals surface area contributed by atoms with Gasteiger partial charge in [0.25, 0.3) is 0 Å². The molecule has 0 aromatic heterocycles. The Kier molecular flexibility index (Phi) is 1.47. The molecule has 1 saturated heterocycles. The Hall–Kier alpha value is -1.15. The summed E-state index contributed by atoms with van der Waals surface area (Å²) in [5, 5.41) is 0. The van der Waals surface area contributed by atoms with E-state index in [0.717, 1.165) is 5.56 Å². The number of rotatable bonds is 2. The Bertz CT molecular complexity index is 262. The first-order valence-electron chi connectivity index (χ1n) is 3.59. The van der Waals surface area contributed by atoms with Crippen molar-refractivity contribution in [3.8, 4) is 0 Å². The lowest BCUT2D eigenvalue weighted by Gasteiger charge is -1.93. The standard InChI is InChI=1S/C9H8O2/c10-9(8-6-11-8)7-4-2-1-3-5-7/h1-5,8H,6H2/t8-/m0/s1. The molecule has 0 amide bonds.